The molecule has 1 heterocycles. The van der Waals surface area contributed by atoms with Crippen LogP contribution in [-0.2, 0) is 4.79 Å². The average molecular weight is 189 g/mol. The van der Waals surface area contributed by atoms with Crippen molar-refractivity contribution in [2.75, 3.05) is 0 Å². The number of hydrogen-bond acceptors (Lipinski definition) is 3. The number of carbonyl (C=O) groups excluding carboxylic acids is 1. The van der Waals surface area contributed by atoms with Crippen LogP contribution in [0.15, 0.2) is 12.3 Å². The van der Waals surface area contributed by atoms with Crippen LogP contribution in [-0.4, -0.2) is 22.3 Å². The summed E-state index contributed by atoms with van der Waals surface area (Å²) in [7, 11) is 0. The Morgan fingerprint density at radius 3 is 2.86 bits per heavy atom. The highest BCUT2D eigenvalue weighted by Crippen LogP contribution is 2.04. The van der Waals surface area contributed by atoms with Crippen molar-refractivity contribution in [3.05, 3.63) is 29.1 Å². The molecule has 0 radical (unpaired) electrons. The van der Waals surface area contributed by atoms with E-state index in [1.54, 1.807) is 13.0 Å². The smallest absolute Gasteiger partial charge is 0.382 e. The van der Waals surface area contributed by atoms with E-state index in [1.165, 1.54) is 6.20 Å². The van der Waals surface area contributed by atoms with Gasteiger partial charge < -0.3 is 5.11 Å². The molecule has 0 aromatic carbocycles. The summed E-state index contributed by atoms with van der Waals surface area (Å²) in [5, 5.41) is 8.31. The van der Waals surface area contributed by atoms with Crippen molar-refractivity contribution in [1.82, 2.24) is 4.98 Å². The van der Waals surface area contributed by atoms with Crippen molar-refractivity contribution in [2.24, 2.45) is 0 Å². The lowest BCUT2D eigenvalue weighted by molar-refractivity contribution is -0.130. The Hall–Kier alpha value is -2.15. The van der Waals surface area contributed by atoms with Gasteiger partial charge in [0.2, 0.25) is 0 Å². The Balaban J connectivity index is 3.08. The standard InChI is InChI=1S/C10H7NO3/c1-7-4-8(6-12)5-11-9(7)2-3-10(13)14/h4-6H,1H3,(H,13,14). The summed E-state index contributed by atoms with van der Waals surface area (Å²) in [5.74, 6) is 3.14. The predicted molar refractivity (Wildman–Crippen MR) is 48.9 cm³/mol. The van der Waals surface area contributed by atoms with Gasteiger partial charge in [0, 0.05) is 17.7 Å². The number of aromatic nitrogens is 1. The summed E-state index contributed by atoms with van der Waals surface area (Å²) < 4.78 is 0. The van der Waals surface area contributed by atoms with Gasteiger partial charge in [0.25, 0.3) is 0 Å². The molecule has 0 aliphatic carbocycles. The first kappa shape index (κ1) is 9.93. The number of hydrogen-bond donors (Lipinski definition) is 1. The van der Waals surface area contributed by atoms with Crippen molar-refractivity contribution in [3.8, 4) is 11.8 Å². The molecule has 0 saturated carbocycles. The quantitative estimate of drug-likeness (QED) is 0.520. The number of aryl methyl sites for hydroxylation is 1. The van der Waals surface area contributed by atoms with E-state index in [1.807, 2.05) is 5.92 Å². The molecule has 1 N–H and O–H groups in total. The zero-order valence-corrected chi connectivity index (χ0v) is 7.44. The lowest BCUT2D eigenvalue weighted by Gasteiger charge is -1.96. The van der Waals surface area contributed by atoms with Crippen LogP contribution in [0.25, 0.3) is 0 Å². The van der Waals surface area contributed by atoms with E-state index in [0.717, 1.165) is 0 Å². The predicted octanol–water partition coefficient (Wildman–Crippen LogP) is 0.639. The summed E-state index contributed by atoms with van der Waals surface area (Å²) in [6, 6.07) is 1.60. The van der Waals surface area contributed by atoms with Gasteiger partial charge in [0.1, 0.15) is 5.69 Å². The molecule has 0 aliphatic heterocycles. The minimum absolute atomic E-state index is 0.373. The van der Waals surface area contributed by atoms with E-state index in [0.29, 0.717) is 23.1 Å². The number of aliphatic carboxylic acids is 1. The van der Waals surface area contributed by atoms with Crippen LogP contribution in [0.1, 0.15) is 21.6 Å². The molecule has 0 bridgehead atoms. The third-order valence-electron chi connectivity index (χ3n) is 1.52. The van der Waals surface area contributed by atoms with Gasteiger partial charge in [0.15, 0.2) is 6.29 Å². The Labute approximate surface area is 80.6 Å². The molecule has 0 saturated heterocycles. The molecule has 0 amide bonds. The SMILES string of the molecule is Cc1cc(C=O)cnc1C#CC(=O)O. The topological polar surface area (TPSA) is 67.3 Å². The molecule has 1 rings (SSSR count). The normalized spacial score (nSPS) is 8.64. The van der Waals surface area contributed by atoms with Crippen LogP contribution in [0, 0.1) is 18.8 Å². The molecule has 1 aromatic rings. The Bertz CT molecular complexity index is 440. The summed E-state index contributed by atoms with van der Waals surface area (Å²) >= 11 is 0. The van der Waals surface area contributed by atoms with E-state index in [-0.39, 0.29) is 0 Å². The van der Waals surface area contributed by atoms with E-state index < -0.39 is 5.97 Å². The number of aldehydes is 1. The van der Waals surface area contributed by atoms with Crippen LogP contribution in [0.4, 0.5) is 0 Å². The minimum atomic E-state index is -1.20. The zero-order valence-electron chi connectivity index (χ0n) is 7.44. The molecule has 4 nitrogen and oxygen atoms in total. The van der Waals surface area contributed by atoms with Crippen molar-refractivity contribution in [1.29, 1.82) is 0 Å². The van der Waals surface area contributed by atoms with Crippen LogP contribution in [0.5, 0.6) is 0 Å². The van der Waals surface area contributed by atoms with Gasteiger partial charge in [-0.3, -0.25) is 4.79 Å². The molecule has 0 fully saturated rings. The van der Waals surface area contributed by atoms with Gasteiger partial charge in [-0.05, 0) is 24.5 Å². The number of carbonyl (C=O) groups is 2. The number of rotatable bonds is 1. The van der Waals surface area contributed by atoms with Crippen molar-refractivity contribution in [2.45, 2.75) is 6.92 Å². The highest BCUT2D eigenvalue weighted by atomic mass is 16.4. The first-order chi connectivity index (χ1) is 6.63. The number of carboxylic acid groups (broad SMARTS) is 1. The highest BCUT2D eigenvalue weighted by Gasteiger charge is 1.98. The van der Waals surface area contributed by atoms with Crippen LogP contribution < -0.4 is 0 Å². The fourth-order valence-corrected chi connectivity index (χ4v) is 0.905. The fourth-order valence-electron chi connectivity index (χ4n) is 0.905. The zero-order chi connectivity index (χ0) is 10.6. The third kappa shape index (κ3) is 2.42. The number of nitrogens with zero attached hydrogens (tertiary/aromatic N) is 1. The second-order valence-corrected chi connectivity index (χ2v) is 2.61. The fraction of sp³-hybridized carbons (Fsp3) is 0.100. The summed E-state index contributed by atoms with van der Waals surface area (Å²) in [5.41, 5.74) is 1.50. The van der Waals surface area contributed by atoms with Crippen molar-refractivity contribution in [3.63, 3.8) is 0 Å². The maximum atomic E-state index is 10.4. The maximum absolute atomic E-state index is 10.4. The lowest BCUT2D eigenvalue weighted by Crippen LogP contribution is -1.93. The van der Waals surface area contributed by atoms with E-state index in [2.05, 4.69) is 10.9 Å². The van der Waals surface area contributed by atoms with Crippen molar-refractivity contribution < 1.29 is 14.7 Å². The Morgan fingerprint density at radius 1 is 1.64 bits per heavy atom. The van der Waals surface area contributed by atoms with Crippen LogP contribution in [0.3, 0.4) is 0 Å². The Kier molecular flexibility index (Phi) is 2.97. The van der Waals surface area contributed by atoms with Gasteiger partial charge >= 0.3 is 5.97 Å². The van der Waals surface area contributed by atoms with Gasteiger partial charge in [-0.2, -0.15) is 0 Å². The highest BCUT2D eigenvalue weighted by molar-refractivity contribution is 5.87. The second kappa shape index (κ2) is 4.19. The number of carboxylic acids is 1. The van der Waals surface area contributed by atoms with Gasteiger partial charge in [-0.15, -0.1) is 0 Å². The molecule has 0 spiro atoms. The molecule has 70 valence electrons. The van der Waals surface area contributed by atoms with E-state index in [9.17, 15) is 9.59 Å². The molecule has 0 atom stereocenters. The molecular weight excluding hydrogens is 182 g/mol. The lowest BCUT2D eigenvalue weighted by atomic mass is 10.1. The van der Waals surface area contributed by atoms with E-state index in [4.69, 9.17) is 5.11 Å². The third-order valence-corrected chi connectivity index (χ3v) is 1.52. The molecule has 0 aliphatic rings. The van der Waals surface area contributed by atoms with Gasteiger partial charge in [-0.1, -0.05) is 0 Å². The molecular formula is C10H7NO3. The van der Waals surface area contributed by atoms with Gasteiger partial charge in [0.05, 0.1) is 0 Å². The Morgan fingerprint density at radius 2 is 2.36 bits per heavy atom. The largest absolute Gasteiger partial charge is 0.472 e. The summed E-state index contributed by atoms with van der Waals surface area (Å²) in [6.45, 7) is 1.71. The first-order valence-corrected chi connectivity index (χ1v) is 3.80. The average Bonchev–Trinajstić information content (AvgIpc) is 2.15. The molecule has 0 unspecified atom stereocenters. The molecule has 14 heavy (non-hydrogen) atoms. The summed E-state index contributed by atoms with van der Waals surface area (Å²) in [4.78, 5) is 24.4. The van der Waals surface area contributed by atoms with Crippen molar-refractivity contribution >= 4 is 12.3 Å². The maximum Gasteiger partial charge on any atom is 0.382 e. The second-order valence-electron chi connectivity index (χ2n) is 2.61. The first-order valence-electron chi connectivity index (χ1n) is 3.80. The monoisotopic (exact) mass is 189 g/mol. The minimum Gasteiger partial charge on any atom is -0.472 e. The van der Waals surface area contributed by atoms with Gasteiger partial charge in [-0.25, -0.2) is 9.78 Å². The molecule has 1 aromatic heterocycles. The van der Waals surface area contributed by atoms with Crippen LogP contribution in [0.2, 0.25) is 0 Å². The van der Waals surface area contributed by atoms with E-state index >= 15 is 0 Å². The number of pyridine rings is 1. The van der Waals surface area contributed by atoms with Crippen LogP contribution >= 0.6 is 0 Å². The summed E-state index contributed by atoms with van der Waals surface area (Å²) in [6.07, 6.45) is 2.03. The molecule has 4 heteroatoms.